The van der Waals surface area contributed by atoms with Crippen LogP contribution in [0.2, 0.25) is 0 Å². The van der Waals surface area contributed by atoms with E-state index in [0.29, 0.717) is 16.7 Å². The molecule has 28 heavy (non-hydrogen) atoms. The summed E-state index contributed by atoms with van der Waals surface area (Å²) >= 11 is 0. The van der Waals surface area contributed by atoms with Gasteiger partial charge in [-0.25, -0.2) is 8.78 Å². The zero-order valence-electron chi connectivity index (χ0n) is 17.0. The third kappa shape index (κ3) is 4.82. The monoisotopic (exact) mass is 380 g/mol. The highest BCUT2D eigenvalue weighted by atomic mass is 19.2. The van der Waals surface area contributed by atoms with Crippen LogP contribution < -0.4 is 0 Å². The number of halogens is 2. The van der Waals surface area contributed by atoms with Crippen LogP contribution in [0.1, 0.15) is 82.3 Å². The average molecular weight is 381 g/mol. The first-order chi connectivity index (χ1) is 13.6. The molecule has 2 aromatic rings. The molecule has 0 amide bonds. The Morgan fingerprint density at radius 3 is 2.25 bits per heavy atom. The van der Waals surface area contributed by atoms with Crippen molar-refractivity contribution in [1.29, 1.82) is 0 Å². The van der Waals surface area contributed by atoms with Crippen molar-refractivity contribution in [3.05, 3.63) is 59.2 Å². The maximum atomic E-state index is 14.9. The molecule has 0 spiro atoms. The normalized spacial score (nSPS) is 19.1. The summed E-state index contributed by atoms with van der Waals surface area (Å²) in [6, 6.07) is 10.8. The van der Waals surface area contributed by atoms with Crippen molar-refractivity contribution in [3.63, 3.8) is 0 Å². The van der Waals surface area contributed by atoms with Crippen LogP contribution in [0.4, 0.5) is 8.78 Å². The second kappa shape index (κ2) is 9.87. The molecule has 0 atom stereocenters. The minimum atomic E-state index is -0.725. The van der Waals surface area contributed by atoms with Crippen LogP contribution in [0.5, 0.6) is 0 Å². The molecule has 148 valence electrons. The second-order valence-electron chi connectivity index (χ2n) is 8.00. The molecular weight excluding hydrogens is 350 g/mol. The van der Waals surface area contributed by atoms with Gasteiger partial charge in [-0.3, -0.25) is 0 Å². The van der Waals surface area contributed by atoms with Crippen LogP contribution in [0.25, 0.3) is 11.1 Å². The Morgan fingerprint density at radius 1 is 0.893 bits per heavy atom. The summed E-state index contributed by atoms with van der Waals surface area (Å²) in [5, 5.41) is 0. The van der Waals surface area contributed by atoms with E-state index in [1.807, 2.05) is 12.1 Å². The van der Waals surface area contributed by atoms with Gasteiger partial charge in [-0.05, 0) is 67.7 Å². The van der Waals surface area contributed by atoms with Gasteiger partial charge in [-0.2, -0.15) is 0 Å². The smallest absolute Gasteiger partial charge is 0.166 e. The van der Waals surface area contributed by atoms with Crippen molar-refractivity contribution in [2.75, 3.05) is 0 Å². The number of rotatable bonds is 6. The van der Waals surface area contributed by atoms with E-state index in [2.05, 4.69) is 18.8 Å². The number of unbranched alkanes of at least 4 members (excludes halogenated alkanes) is 2. The lowest BCUT2D eigenvalue weighted by molar-refractivity contribution is 0.298. The van der Waals surface area contributed by atoms with Gasteiger partial charge < -0.3 is 0 Å². The summed E-state index contributed by atoms with van der Waals surface area (Å²) in [5.74, 6) is 5.33. The highest BCUT2D eigenvalue weighted by Gasteiger charge is 2.26. The number of benzene rings is 2. The maximum Gasteiger partial charge on any atom is 0.166 e. The highest BCUT2D eigenvalue weighted by Crippen LogP contribution is 2.40. The van der Waals surface area contributed by atoms with Crippen molar-refractivity contribution in [2.45, 2.75) is 71.1 Å². The summed E-state index contributed by atoms with van der Waals surface area (Å²) in [6.07, 6.45) is 9.34. The third-order valence-electron chi connectivity index (χ3n) is 6.08. The van der Waals surface area contributed by atoms with Gasteiger partial charge in [-0.15, -0.1) is 5.92 Å². The molecule has 0 bridgehead atoms. The Balaban J connectivity index is 1.71. The van der Waals surface area contributed by atoms with Gasteiger partial charge in [-0.1, -0.05) is 62.8 Å². The van der Waals surface area contributed by atoms with Crippen molar-refractivity contribution in [2.24, 2.45) is 5.92 Å². The van der Waals surface area contributed by atoms with E-state index in [1.165, 1.54) is 25.7 Å². The van der Waals surface area contributed by atoms with Gasteiger partial charge >= 0.3 is 0 Å². The molecule has 0 unspecified atom stereocenters. The predicted octanol–water partition coefficient (Wildman–Crippen LogP) is 7.86. The van der Waals surface area contributed by atoms with Gasteiger partial charge in [0.15, 0.2) is 11.6 Å². The SMILES string of the molecule is CC#Cc1ccc(-c2ccc([C@H]3CC[C@H](CCCCC)CC3)c(F)c2F)cc1. The van der Waals surface area contributed by atoms with E-state index in [1.54, 1.807) is 31.2 Å². The second-order valence-corrected chi connectivity index (χ2v) is 8.00. The molecule has 0 aromatic heterocycles. The molecular formula is C26H30F2. The van der Waals surface area contributed by atoms with E-state index in [9.17, 15) is 8.78 Å². The van der Waals surface area contributed by atoms with Gasteiger partial charge in [0.1, 0.15) is 0 Å². The molecule has 0 saturated heterocycles. The van der Waals surface area contributed by atoms with Crippen LogP contribution in [-0.4, -0.2) is 0 Å². The fourth-order valence-electron chi connectivity index (χ4n) is 4.43. The summed E-state index contributed by atoms with van der Waals surface area (Å²) in [5.41, 5.74) is 2.44. The summed E-state index contributed by atoms with van der Waals surface area (Å²) < 4.78 is 29.7. The fraction of sp³-hybridized carbons (Fsp3) is 0.462. The first-order valence-corrected chi connectivity index (χ1v) is 10.6. The van der Waals surface area contributed by atoms with Crippen LogP contribution in [-0.2, 0) is 0 Å². The molecule has 0 heterocycles. The largest absolute Gasteiger partial charge is 0.203 e. The van der Waals surface area contributed by atoms with Crippen LogP contribution in [0.3, 0.4) is 0 Å². The topological polar surface area (TPSA) is 0 Å². The fourth-order valence-corrected chi connectivity index (χ4v) is 4.43. The predicted molar refractivity (Wildman–Crippen MR) is 113 cm³/mol. The molecule has 2 heteroatoms. The van der Waals surface area contributed by atoms with E-state index >= 15 is 0 Å². The Labute approximate surface area is 168 Å². The summed E-state index contributed by atoms with van der Waals surface area (Å²) in [4.78, 5) is 0. The van der Waals surface area contributed by atoms with Crippen LogP contribution >= 0.6 is 0 Å². The van der Waals surface area contributed by atoms with Crippen molar-refractivity contribution in [1.82, 2.24) is 0 Å². The number of hydrogen-bond donors (Lipinski definition) is 0. The molecule has 0 aliphatic heterocycles. The molecule has 1 fully saturated rings. The number of hydrogen-bond acceptors (Lipinski definition) is 0. The third-order valence-corrected chi connectivity index (χ3v) is 6.08. The first kappa shape index (κ1) is 20.6. The molecule has 1 aliphatic carbocycles. The Kier molecular flexibility index (Phi) is 7.26. The van der Waals surface area contributed by atoms with Gasteiger partial charge in [0.25, 0.3) is 0 Å². The first-order valence-electron chi connectivity index (χ1n) is 10.6. The van der Waals surface area contributed by atoms with Crippen molar-refractivity contribution < 1.29 is 8.78 Å². The molecule has 0 N–H and O–H groups in total. The van der Waals surface area contributed by atoms with Crippen LogP contribution in [0.15, 0.2) is 36.4 Å². The van der Waals surface area contributed by atoms with Crippen molar-refractivity contribution in [3.8, 4) is 23.0 Å². The lowest BCUT2D eigenvalue weighted by Gasteiger charge is -2.29. The zero-order valence-corrected chi connectivity index (χ0v) is 17.0. The molecule has 0 nitrogen and oxygen atoms in total. The molecule has 2 aromatic carbocycles. The molecule has 3 rings (SSSR count). The van der Waals surface area contributed by atoms with Gasteiger partial charge in [0.05, 0.1) is 0 Å². The van der Waals surface area contributed by atoms with Gasteiger partial charge in [0, 0.05) is 11.1 Å². The summed E-state index contributed by atoms with van der Waals surface area (Å²) in [7, 11) is 0. The van der Waals surface area contributed by atoms with Crippen LogP contribution in [0, 0.1) is 29.4 Å². The molecule has 0 radical (unpaired) electrons. The van der Waals surface area contributed by atoms with E-state index in [-0.39, 0.29) is 5.92 Å². The minimum Gasteiger partial charge on any atom is -0.203 e. The Hall–Kier alpha value is -2.14. The average Bonchev–Trinajstić information content (AvgIpc) is 2.72. The zero-order chi connectivity index (χ0) is 19.9. The summed E-state index contributed by atoms with van der Waals surface area (Å²) in [6.45, 7) is 4.01. The lowest BCUT2D eigenvalue weighted by Crippen LogP contribution is -2.15. The maximum absolute atomic E-state index is 14.9. The quantitative estimate of drug-likeness (QED) is 0.353. The lowest BCUT2D eigenvalue weighted by atomic mass is 9.76. The van der Waals surface area contributed by atoms with E-state index < -0.39 is 11.6 Å². The van der Waals surface area contributed by atoms with E-state index in [0.717, 1.165) is 37.2 Å². The Bertz CT molecular complexity index is 831. The van der Waals surface area contributed by atoms with Crippen molar-refractivity contribution >= 4 is 0 Å². The highest BCUT2D eigenvalue weighted by molar-refractivity contribution is 5.65. The van der Waals surface area contributed by atoms with E-state index in [4.69, 9.17) is 0 Å². The molecule has 1 saturated carbocycles. The minimum absolute atomic E-state index is 0.146. The Morgan fingerprint density at radius 2 is 1.61 bits per heavy atom. The van der Waals surface area contributed by atoms with Gasteiger partial charge in [0.2, 0.25) is 0 Å². The standard InChI is InChI=1S/C26H30F2/c1-3-5-6-8-20-11-15-22(16-12-20)24-18-17-23(25(27)26(24)28)21-13-9-19(7-4-2)10-14-21/h9-10,13-14,17-18,20,22H,3,5-6,8,11-12,15-16H2,1-2H3/t20-,22-. The molecule has 1 aliphatic rings.